The van der Waals surface area contributed by atoms with E-state index in [-0.39, 0.29) is 19.2 Å². The number of aromatic nitrogens is 1. The Bertz CT molecular complexity index is 529. The normalized spacial score (nSPS) is 11.3. The van der Waals surface area contributed by atoms with Gasteiger partial charge in [0.1, 0.15) is 5.82 Å². The molecule has 0 aliphatic rings. The zero-order valence-corrected chi connectivity index (χ0v) is 17.0. The van der Waals surface area contributed by atoms with Crippen molar-refractivity contribution in [2.75, 3.05) is 58.1 Å². The molecule has 1 rings (SSSR count). The fourth-order valence-corrected chi connectivity index (χ4v) is 2.15. The van der Waals surface area contributed by atoms with E-state index >= 15 is 0 Å². The highest BCUT2D eigenvalue weighted by Gasteiger charge is 2.10. The molecule has 1 aromatic heterocycles. The van der Waals surface area contributed by atoms with E-state index in [1.54, 1.807) is 18.3 Å². The van der Waals surface area contributed by atoms with E-state index in [0.717, 1.165) is 0 Å². The molecule has 0 spiro atoms. The van der Waals surface area contributed by atoms with E-state index in [1.807, 2.05) is 27.7 Å². The molecule has 0 fully saturated rings. The minimum atomic E-state index is -0.0256. The van der Waals surface area contributed by atoms with Gasteiger partial charge in [-0.2, -0.15) is 0 Å². The second-order valence-corrected chi connectivity index (χ2v) is 6.63. The molecule has 27 heavy (non-hydrogen) atoms. The van der Waals surface area contributed by atoms with E-state index in [2.05, 4.69) is 10.3 Å². The highest BCUT2D eigenvalue weighted by Crippen LogP contribution is 2.11. The fourth-order valence-electron chi connectivity index (χ4n) is 2.15. The summed E-state index contributed by atoms with van der Waals surface area (Å²) in [7, 11) is 0. The summed E-state index contributed by atoms with van der Waals surface area (Å²) in [5, 5.41) is 3.16. The highest BCUT2D eigenvalue weighted by molar-refractivity contribution is 5.97. The number of hydrogen-bond donors (Lipinski definition) is 1. The second-order valence-electron chi connectivity index (χ2n) is 6.63. The Morgan fingerprint density at radius 1 is 1.00 bits per heavy atom. The predicted molar refractivity (Wildman–Crippen MR) is 108 cm³/mol. The minimum absolute atomic E-state index is 0. The molecule has 0 radical (unpaired) electrons. The SMILES string of the molecule is CC(C)OCCOCCOCCOCCNc1cc(C(=O)C(C)C)ccn1.[HH]. The van der Waals surface area contributed by atoms with Crippen molar-refractivity contribution in [3.63, 3.8) is 0 Å². The summed E-state index contributed by atoms with van der Waals surface area (Å²) in [4.78, 5) is 16.2. The molecule has 0 aliphatic heterocycles. The lowest BCUT2D eigenvalue weighted by Gasteiger charge is -2.10. The summed E-state index contributed by atoms with van der Waals surface area (Å²) < 4.78 is 21.7. The second kappa shape index (κ2) is 14.5. The molecule has 0 aromatic carbocycles. The number of ether oxygens (including phenoxy) is 4. The molecule has 1 N–H and O–H groups in total. The van der Waals surface area contributed by atoms with E-state index in [9.17, 15) is 4.79 Å². The van der Waals surface area contributed by atoms with Crippen LogP contribution < -0.4 is 5.32 Å². The summed E-state index contributed by atoms with van der Waals surface area (Å²) >= 11 is 0. The smallest absolute Gasteiger partial charge is 0.165 e. The molecule has 1 heterocycles. The van der Waals surface area contributed by atoms with E-state index in [0.29, 0.717) is 64.2 Å². The maximum absolute atomic E-state index is 12.0. The Balaban J connectivity index is 0.00000729. The standard InChI is InChI=1S/C20H34N2O5.H2/c1-16(2)20(23)18-5-6-21-19(15-18)22-7-8-24-9-10-25-11-12-26-13-14-27-17(3)4;/h5-6,15-17H,7-14H2,1-4H3,(H,21,22);1H. The van der Waals surface area contributed by atoms with E-state index in [4.69, 9.17) is 18.9 Å². The number of nitrogens with one attached hydrogen (secondary N) is 1. The van der Waals surface area contributed by atoms with Gasteiger partial charge in [-0.1, -0.05) is 13.8 Å². The van der Waals surface area contributed by atoms with Crippen LogP contribution >= 0.6 is 0 Å². The van der Waals surface area contributed by atoms with Crippen LogP contribution in [0.15, 0.2) is 18.3 Å². The maximum Gasteiger partial charge on any atom is 0.165 e. The number of rotatable bonds is 16. The Morgan fingerprint density at radius 2 is 1.59 bits per heavy atom. The van der Waals surface area contributed by atoms with Crippen LogP contribution in [0.1, 0.15) is 39.5 Å². The molecular weight excluding hydrogens is 348 g/mol. The van der Waals surface area contributed by atoms with Crippen molar-refractivity contribution in [2.45, 2.75) is 33.8 Å². The van der Waals surface area contributed by atoms with Crippen LogP contribution in [-0.4, -0.2) is 69.7 Å². The first-order valence-corrected chi connectivity index (χ1v) is 9.59. The van der Waals surface area contributed by atoms with Gasteiger partial charge in [0.05, 0.1) is 52.4 Å². The van der Waals surface area contributed by atoms with Crippen molar-refractivity contribution >= 4 is 11.6 Å². The van der Waals surface area contributed by atoms with Gasteiger partial charge in [-0.15, -0.1) is 0 Å². The van der Waals surface area contributed by atoms with Gasteiger partial charge >= 0.3 is 0 Å². The molecule has 0 aliphatic carbocycles. The zero-order valence-electron chi connectivity index (χ0n) is 17.0. The van der Waals surface area contributed by atoms with Gasteiger partial charge in [0.25, 0.3) is 0 Å². The third-order valence-corrected chi connectivity index (χ3v) is 3.54. The van der Waals surface area contributed by atoms with Gasteiger partial charge in [-0.25, -0.2) is 4.98 Å². The fraction of sp³-hybridized carbons (Fsp3) is 0.700. The van der Waals surface area contributed by atoms with Crippen molar-refractivity contribution < 1.29 is 25.2 Å². The van der Waals surface area contributed by atoms with Gasteiger partial charge in [0, 0.05) is 25.6 Å². The molecule has 156 valence electrons. The topological polar surface area (TPSA) is 78.9 Å². The molecule has 1 aromatic rings. The van der Waals surface area contributed by atoms with Crippen LogP contribution in [0, 0.1) is 5.92 Å². The van der Waals surface area contributed by atoms with Gasteiger partial charge in [0.15, 0.2) is 5.78 Å². The molecule has 0 atom stereocenters. The number of Topliss-reactive ketones (excluding diaryl/α,β-unsaturated/α-hetero) is 1. The first-order valence-electron chi connectivity index (χ1n) is 9.59. The van der Waals surface area contributed by atoms with Crippen LogP contribution in [0.5, 0.6) is 0 Å². The predicted octanol–water partition coefficient (Wildman–Crippen LogP) is 3.05. The molecular formula is C20H36N2O5. The zero-order chi connectivity index (χ0) is 19.9. The van der Waals surface area contributed by atoms with Gasteiger partial charge in [0.2, 0.25) is 0 Å². The van der Waals surface area contributed by atoms with Crippen LogP contribution in [0.4, 0.5) is 5.82 Å². The molecule has 7 nitrogen and oxygen atoms in total. The number of hydrogen-bond acceptors (Lipinski definition) is 7. The number of carbonyl (C=O) groups excluding carboxylic acids is 1. The van der Waals surface area contributed by atoms with E-state index in [1.165, 1.54) is 0 Å². The quantitative estimate of drug-likeness (QED) is 0.347. The number of ketones is 1. The Kier molecular flexibility index (Phi) is 12.6. The van der Waals surface area contributed by atoms with Gasteiger partial charge in [-0.05, 0) is 26.0 Å². The number of carbonyl (C=O) groups is 1. The minimum Gasteiger partial charge on any atom is -0.377 e. The first kappa shape index (κ1) is 23.5. The molecule has 0 unspecified atom stereocenters. The summed E-state index contributed by atoms with van der Waals surface area (Å²) in [6.45, 7) is 12.3. The molecule has 0 amide bonds. The molecule has 0 saturated carbocycles. The lowest BCUT2D eigenvalue weighted by atomic mass is 10.0. The van der Waals surface area contributed by atoms with Crippen molar-refractivity contribution in [3.05, 3.63) is 23.9 Å². The summed E-state index contributed by atoms with van der Waals surface area (Å²) in [5.41, 5.74) is 0.676. The van der Waals surface area contributed by atoms with Crippen LogP contribution in [-0.2, 0) is 18.9 Å². The lowest BCUT2D eigenvalue weighted by Crippen LogP contribution is -2.15. The van der Waals surface area contributed by atoms with Crippen LogP contribution in [0.2, 0.25) is 0 Å². The average Bonchev–Trinajstić information content (AvgIpc) is 2.64. The van der Waals surface area contributed by atoms with Crippen molar-refractivity contribution in [2.24, 2.45) is 5.92 Å². The summed E-state index contributed by atoms with van der Waals surface area (Å²) in [6, 6.07) is 3.51. The van der Waals surface area contributed by atoms with Crippen LogP contribution in [0.25, 0.3) is 0 Å². The number of nitrogens with zero attached hydrogens (tertiary/aromatic N) is 1. The Labute approximate surface area is 164 Å². The third kappa shape index (κ3) is 11.7. The molecule has 0 bridgehead atoms. The lowest BCUT2D eigenvalue weighted by molar-refractivity contribution is -0.0110. The van der Waals surface area contributed by atoms with E-state index < -0.39 is 0 Å². The van der Waals surface area contributed by atoms with Crippen molar-refractivity contribution in [1.82, 2.24) is 4.98 Å². The van der Waals surface area contributed by atoms with Gasteiger partial charge < -0.3 is 24.3 Å². The average molecular weight is 385 g/mol. The van der Waals surface area contributed by atoms with Crippen molar-refractivity contribution in [3.8, 4) is 0 Å². The maximum atomic E-state index is 12.0. The molecule has 0 saturated heterocycles. The largest absolute Gasteiger partial charge is 0.377 e. The summed E-state index contributed by atoms with van der Waals surface area (Å²) in [6.07, 6.45) is 1.88. The third-order valence-electron chi connectivity index (χ3n) is 3.54. The Hall–Kier alpha value is -1.54. The number of pyridine rings is 1. The number of anilines is 1. The summed E-state index contributed by atoms with van der Waals surface area (Å²) in [5.74, 6) is 0.771. The van der Waals surface area contributed by atoms with Gasteiger partial charge in [-0.3, -0.25) is 4.79 Å². The molecule has 7 heteroatoms. The monoisotopic (exact) mass is 384 g/mol. The van der Waals surface area contributed by atoms with Crippen molar-refractivity contribution in [1.29, 1.82) is 0 Å². The highest BCUT2D eigenvalue weighted by atomic mass is 16.6. The Morgan fingerprint density at radius 3 is 2.19 bits per heavy atom. The first-order chi connectivity index (χ1) is 13.0. The van der Waals surface area contributed by atoms with Crippen LogP contribution in [0.3, 0.4) is 0 Å².